The average molecular weight is 280 g/mol. The molecule has 0 spiro atoms. The highest BCUT2D eigenvalue weighted by atomic mass is 35.5. The normalized spacial score (nSPS) is 10.3. The Morgan fingerprint density at radius 3 is 2.89 bits per heavy atom. The van der Waals surface area contributed by atoms with Crippen LogP contribution < -0.4 is 4.74 Å². The van der Waals surface area contributed by atoms with Gasteiger partial charge in [0.1, 0.15) is 23.9 Å². The Bertz CT molecular complexity index is 616. The molecule has 0 aliphatic rings. The number of rotatable bonds is 4. The van der Waals surface area contributed by atoms with Crippen LogP contribution in [-0.2, 0) is 6.61 Å². The van der Waals surface area contributed by atoms with Crippen molar-refractivity contribution in [2.24, 2.45) is 0 Å². The van der Waals surface area contributed by atoms with Crippen LogP contribution in [-0.4, -0.2) is 11.3 Å². The van der Waals surface area contributed by atoms with E-state index in [1.807, 2.05) is 0 Å². The van der Waals surface area contributed by atoms with Crippen molar-refractivity contribution in [3.8, 4) is 5.75 Å². The van der Waals surface area contributed by atoms with Crippen LogP contribution >= 0.6 is 11.6 Å². The zero-order valence-electron chi connectivity index (χ0n) is 10.2. The summed E-state index contributed by atoms with van der Waals surface area (Å²) in [5.74, 6) is -0.152. The van der Waals surface area contributed by atoms with Crippen molar-refractivity contribution in [3.63, 3.8) is 0 Å². The van der Waals surface area contributed by atoms with Gasteiger partial charge in [-0.1, -0.05) is 23.7 Å². The minimum atomic E-state index is -0.500. The average Bonchev–Trinajstić information content (AvgIpc) is 2.41. The highest BCUT2D eigenvalue weighted by Gasteiger charge is 2.09. The molecule has 5 heteroatoms. The number of aryl methyl sites for hydroxylation is 1. The van der Waals surface area contributed by atoms with E-state index in [1.54, 1.807) is 31.2 Å². The minimum absolute atomic E-state index is 0.0234. The van der Waals surface area contributed by atoms with Gasteiger partial charge in [0.15, 0.2) is 6.29 Å². The molecule has 1 heterocycles. The maximum Gasteiger partial charge on any atom is 0.172 e. The fraction of sp³-hybridized carbons (Fsp3) is 0.143. The van der Waals surface area contributed by atoms with Crippen LogP contribution in [0.5, 0.6) is 5.75 Å². The van der Waals surface area contributed by atoms with Crippen molar-refractivity contribution < 1.29 is 13.9 Å². The molecule has 0 bridgehead atoms. The second kappa shape index (κ2) is 5.80. The van der Waals surface area contributed by atoms with Gasteiger partial charge in [-0.25, -0.2) is 9.37 Å². The number of pyridine rings is 1. The Kier molecular flexibility index (Phi) is 4.12. The number of halogens is 2. The lowest BCUT2D eigenvalue weighted by Gasteiger charge is -2.09. The Morgan fingerprint density at radius 1 is 1.37 bits per heavy atom. The Balaban J connectivity index is 2.19. The van der Waals surface area contributed by atoms with E-state index >= 15 is 0 Å². The second-order valence-electron chi connectivity index (χ2n) is 3.96. The summed E-state index contributed by atoms with van der Waals surface area (Å²) in [7, 11) is 0. The van der Waals surface area contributed by atoms with Crippen LogP contribution in [0.3, 0.4) is 0 Å². The fourth-order valence-electron chi connectivity index (χ4n) is 1.59. The third kappa shape index (κ3) is 3.09. The number of aromatic nitrogens is 1. The molecule has 0 unspecified atom stereocenters. The maximum atomic E-state index is 13.2. The van der Waals surface area contributed by atoms with Crippen molar-refractivity contribution in [2.45, 2.75) is 13.5 Å². The quantitative estimate of drug-likeness (QED) is 0.803. The zero-order chi connectivity index (χ0) is 13.8. The van der Waals surface area contributed by atoms with E-state index in [2.05, 4.69) is 4.98 Å². The smallest absolute Gasteiger partial charge is 0.172 e. The number of benzene rings is 1. The van der Waals surface area contributed by atoms with Crippen LogP contribution in [0.25, 0.3) is 0 Å². The molecule has 0 amide bonds. The summed E-state index contributed by atoms with van der Waals surface area (Å²) in [5, 5.41) is 0.0234. The van der Waals surface area contributed by atoms with Crippen molar-refractivity contribution >= 4 is 17.9 Å². The van der Waals surface area contributed by atoms with E-state index in [0.29, 0.717) is 17.6 Å². The molecule has 1 aromatic carbocycles. The molecular weight excluding hydrogens is 269 g/mol. The molecule has 2 rings (SSSR count). The van der Waals surface area contributed by atoms with Crippen molar-refractivity contribution in [1.82, 2.24) is 4.98 Å². The minimum Gasteiger partial charge on any atom is -0.486 e. The Labute approximate surface area is 115 Å². The van der Waals surface area contributed by atoms with E-state index in [-0.39, 0.29) is 17.3 Å². The molecule has 0 fully saturated rings. The largest absolute Gasteiger partial charge is 0.486 e. The number of carbonyl (C=O) groups is 1. The summed E-state index contributed by atoms with van der Waals surface area (Å²) >= 11 is 5.82. The highest BCUT2D eigenvalue weighted by Crippen LogP contribution is 2.22. The first-order valence-electron chi connectivity index (χ1n) is 5.60. The molecule has 0 aliphatic carbocycles. The lowest BCUT2D eigenvalue weighted by molar-refractivity contribution is 0.111. The highest BCUT2D eigenvalue weighted by molar-refractivity contribution is 6.31. The van der Waals surface area contributed by atoms with Crippen LogP contribution in [0.2, 0.25) is 5.02 Å². The summed E-state index contributed by atoms with van der Waals surface area (Å²) in [5.41, 5.74) is 1.45. The van der Waals surface area contributed by atoms with E-state index in [4.69, 9.17) is 16.3 Å². The topological polar surface area (TPSA) is 39.2 Å². The number of hydrogen-bond acceptors (Lipinski definition) is 3. The number of ether oxygens (including phenoxy) is 1. The lowest BCUT2D eigenvalue weighted by Crippen LogP contribution is -2.02. The third-order valence-corrected chi connectivity index (χ3v) is 2.97. The summed E-state index contributed by atoms with van der Waals surface area (Å²) in [4.78, 5) is 14.9. The molecule has 0 aliphatic heterocycles. The summed E-state index contributed by atoms with van der Waals surface area (Å²) in [6, 6.07) is 7.87. The number of aldehydes is 1. The molecular formula is C14H11ClFNO2. The molecule has 0 atom stereocenters. The molecule has 3 nitrogen and oxygen atoms in total. The third-order valence-electron chi connectivity index (χ3n) is 2.55. The van der Waals surface area contributed by atoms with Crippen LogP contribution in [0.1, 0.15) is 21.7 Å². The molecule has 98 valence electrons. The van der Waals surface area contributed by atoms with Crippen molar-refractivity contribution in [2.75, 3.05) is 0 Å². The predicted molar refractivity (Wildman–Crippen MR) is 70.1 cm³/mol. The van der Waals surface area contributed by atoms with Gasteiger partial charge in [0, 0.05) is 11.3 Å². The standard InChI is InChI=1S/C14H11ClFNO2/c1-9-5-6-13(12(7-18)17-9)19-8-10-3-2-4-11(16)14(10)15/h2-7H,8H2,1H3. The molecule has 19 heavy (non-hydrogen) atoms. The van der Waals surface area contributed by atoms with Crippen LogP contribution in [0.4, 0.5) is 4.39 Å². The maximum absolute atomic E-state index is 13.2. The first-order valence-corrected chi connectivity index (χ1v) is 5.98. The Morgan fingerprint density at radius 2 is 2.16 bits per heavy atom. The van der Waals surface area contributed by atoms with E-state index in [1.165, 1.54) is 6.07 Å². The van der Waals surface area contributed by atoms with E-state index in [9.17, 15) is 9.18 Å². The second-order valence-corrected chi connectivity index (χ2v) is 4.33. The SMILES string of the molecule is Cc1ccc(OCc2cccc(F)c2Cl)c(C=O)n1. The van der Waals surface area contributed by atoms with Gasteiger partial charge < -0.3 is 4.74 Å². The molecule has 0 N–H and O–H groups in total. The van der Waals surface area contributed by atoms with Crippen LogP contribution in [0.15, 0.2) is 30.3 Å². The monoisotopic (exact) mass is 279 g/mol. The molecule has 0 radical (unpaired) electrons. The van der Waals surface area contributed by atoms with Gasteiger partial charge in [-0.15, -0.1) is 0 Å². The van der Waals surface area contributed by atoms with Gasteiger partial charge >= 0.3 is 0 Å². The van der Waals surface area contributed by atoms with Gasteiger partial charge in [-0.05, 0) is 25.1 Å². The summed E-state index contributed by atoms with van der Waals surface area (Å²) < 4.78 is 18.7. The lowest BCUT2D eigenvalue weighted by atomic mass is 10.2. The van der Waals surface area contributed by atoms with E-state index < -0.39 is 5.82 Å². The van der Waals surface area contributed by atoms with Gasteiger partial charge in [-0.3, -0.25) is 4.79 Å². The number of nitrogens with zero attached hydrogens (tertiary/aromatic N) is 1. The summed E-state index contributed by atoms with van der Waals surface area (Å²) in [6.07, 6.45) is 0.621. The van der Waals surface area contributed by atoms with E-state index in [0.717, 1.165) is 5.69 Å². The predicted octanol–water partition coefficient (Wildman–Crippen LogP) is 3.57. The van der Waals surface area contributed by atoms with Crippen LogP contribution in [0, 0.1) is 12.7 Å². The van der Waals surface area contributed by atoms with Crippen molar-refractivity contribution in [3.05, 3.63) is 58.1 Å². The zero-order valence-corrected chi connectivity index (χ0v) is 10.9. The first-order chi connectivity index (χ1) is 9.11. The molecule has 2 aromatic rings. The van der Waals surface area contributed by atoms with Crippen molar-refractivity contribution in [1.29, 1.82) is 0 Å². The Hall–Kier alpha value is -1.94. The summed E-state index contributed by atoms with van der Waals surface area (Å²) in [6.45, 7) is 1.85. The molecule has 0 saturated heterocycles. The van der Waals surface area contributed by atoms with Gasteiger partial charge in [0.25, 0.3) is 0 Å². The van der Waals surface area contributed by atoms with Gasteiger partial charge in [-0.2, -0.15) is 0 Å². The first kappa shape index (κ1) is 13.5. The van der Waals surface area contributed by atoms with Gasteiger partial charge in [0.2, 0.25) is 0 Å². The van der Waals surface area contributed by atoms with Gasteiger partial charge in [0.05, 0.1) is 5.02 Å². The number of hydrogen-bond donors (Lipinski definition) is 0. The fourth-order valence-corrected chi connectivity index (χ4v) is 1.77. The number of carbonyl (C=O) groups excluding carboxylic acids is 1. The molecule has 1 aromatic heterocycles. The molecule has 0 saturated carbocycles.